The third-order valence-corrected chi connectivity index (χ3v) is 2.64. The molecule has 76 valence electrons. The maximum absolute atomic E-state index is 3.64. The van der Waals surface area contributed by atoms with Crippen LogP contribution in [0.25, 0.3) is 0 Å². The Morgan fingerprint density at radius 3 is 2.36 bits per heavy atom. The van der Waals surface area contributed by atoms with Gasteiger partial charge in [0.25, 0.3) is 0 Å². The van der Waals surface area contributed by atoms with Gasteiger partial charge in [-0.1, -0.05) is 30.3 Å². The average Bonchev–Trinajstić information content (AvgIpc) is 2.82. The molecular formula is C13H19N. The monoisotopic (exact) mass is 189 g/mol. The van der Waals surface area contributed by atoms with Crippen molar-refractivity contribution in [1.82, 2.24) is 5.32 Å². The van der Waals surface area contributed by atoms with E-state index in [0.717, 1.165) is 5.92 Å². The molecule has 0 aliphatic heterocycles. The molecule has 1 aromatic rings. The van der Waals surface area contributed by atoms with Crippen LogP contribution in [0.15, 0.2) is 30.3 Å². The van der Waals surface area contributed by atoms with Crippen LogP contribution >= 0.6 is 0 Å². The lowest BCUT2D eigenvalue weighted by Crippen LogP contribution is -2.38. The van der Waals surface area contributed by atoms with Gasteiger partial charge in [0.2, 0.25) is 0 Å². The van der Waals surface area contributed by atoms with E-state index in [1.165, 1.54) is 12.0 Å². The highest BCUT2D eigenvalue weighted by molar-refractivity contribution is 5.27. The van der Waals surface area contributed by atoms with Crippen molar-refractivity contribution >= 4 is 0 Å². The Hall–Kier alpha value is -0.820. The van der Waals surface area contributed by atoms with Gasteiger partial charge in [-0.15, -0.1) is 0 Å². The SMILES string of the molecule is CC(C)(C)N[C@@H]1CC1c1ccccc1. The summed E-state index contributed by atoms with van der Waals surface area (Å²) in [5, 5.41) is 3.64. The fraction of sp³-hybridized carbons (Fsp3) is 0.538. The molecule has 1 nitrogen and oxygen atoms in total. The van der Waals surface area contributed by atoms with Crippen LogP contribution in [0.5, 0.6) is 0 Å². The Bertz CT molecular complexity index is 297. The van der Waals surface area contributed by atoms with E-state index in [-0.39, 0.29) is 5.54 Å². The first-order chi connectivity index (χ1) is 6.56. The quantitative estimate of drug-likeness (QED) is 0.754. The predicted octanol–water partition coefficient (Wildman–Crippen LogP) is 2.93. The topological polar surface area (TPSA) is 12.0 Å². The van der Waals surface area contributed by atoms with Crippen LogP contribution in [0.3, 0.4) is 0 Å². The Balaban J connectivity index is 1.94. The molecule has 1 saturated carbocycles. The summed E-state index contributed by atoms with van der Waals surface area (Å²) in [7, 11) is 0. The molecule has 0 heterocycles. The van der Waals surface area contributed by atoms with Crippen molar-refractivity contribution in [2.24, 2.45) is 0 Å². The molecule has 14 heavy (non-hydrogen) atoms. The smallest absolute Gasteiger partial charge is 0.0148 e. The maximum Gasteiger partial charge on any atom is 0.0148 e. The Morgan fingerprint density at radius 2 is 1.79 bits per heavy atom. The van der Waals surface area contributed by atoms with Crippen molar-refractivity contribution in [1.29, 1.82) is 0 Å². The van der Waals surface area contributed by atoms with E-state index < -0.39 is 0 Å². The van der Waals surface area contributed by atoms with Gasteiger partial charge in [-0.25, -0.2) is 0 Å². The largest absolute Gasteiger partial charge is 0.309 e. The van der Waals surface area contributed by atoms with Crippen molar-refractivity contribution in [3.8, 4) is 0 Å². The van der Waals surface area contributed by atoms with Crippen LogP contribution in [0.1, 0.15) is 38.7 Å². The summed E-state index contributed by atoms with van der Waals surface area (Å²) in [6.45, 7) is 6.69. The first-order valence-electron chi connectivity index (χ1n) is 5.39. The van der Waals surface area contributed by atoms with Crippen LogP contribution in [-0.4, -0.2) is 11.6 Å². The Kier molecular flexibility index (Phi) is 2.36. The third-order valence-electron chi connectivity index (χ3n) is 2.64. The van der Waals surface area contributed by atoms with Gasteiger partial charge in [-0.05, 0) is 32.8 Å². The van der Waals surface area contributed by atoms with Gasteiger partial charge < -0.3 is 5.32 Å². The molecule has 1 heteroatoms. The normalized spacial score (nSPS) is 26.2. The zero-order valence-electron chi connectivity index (χ0n) is 9.25. The van der Waals surface area contributed by atoms with E-state index in [1.807, 2.05) is 0 Å². The van der Waals surface area contributed by atoms with Crippen LogP contribution in [0.4, 0.5) is 0 Å². The van der Waals surface area contributed by atoms with Crippen LogP contribution in [0.2, 0.25) is 0 Å². The minimum Gasteiger partial charge on any atom is -0.309 e. The minimum atomic E-state index is 0.244. The van der Waals surface area contributed by atoms with Gasteiger partial charge in [0.05, 0.1) is 0 Å². The second kappa shape index (κ2) is 3.39. The third kappa shape index (κ3) is 2.36. The fourth-order valence-corrected chi connectivity index (χ4v) is 1.98. The number of rotatable bonds is 2. The van der Waals surface area contributed by atoms with Gasteiger partial charge in [0, 0.05) is 17.5 Å². The van der Waals surface area contributed by atoms with E-state index in [9.17, 15) is 0 Å². The molecule has 1 aromatic carbocycles. The summed E-state index contributed by atoms with van der Waals surface area (Å²) in [6.07, 6.45) is 1.29. The van der Waals surface area contributed by atoms with Gasteiger partial charge in [-0.3, -0.25) is 0 Å². The lowest BCUT2D eigenvalue weighted by atomic mass is 10.1. The van der Waals surface area contributed by atoms with Crippen LogP contribution in [-0.2, 0) is 0 Å². The minimum absolute atomic E-state index is 0.244. The van der Waals surface area contributed by atoms with Crippen molar-refractivity contribution in [2.45, 2.75) is 44.7 Å². The first kappa shape index (κ1) is 9.72. The standard InChI is InChI=1S/C13H19N/c1-13(2,3)14-12-9-11(12)10-7-5-4-6-8-10/h4-8,11-12,14H,9H2,1-3H3/t11?,12-/m1/s1. The van der Waals surface area contributed by atoms with Gasteiger partial charge >= 0.3 is 0 Å². The van der Waals surface area contributed by atoms with Crippen LogP contribution < -0.4 is 5.32 Å². The van der Waals surface area contributed by atoms with Gasteiger partial charge in [0.15, 0.2) is 0 Å². The lowest BCUT2D eigenvalue weighted by Gasteiger charge is -2.20. The predicted molar refractivity (Wildman–Crippen MR) is 60.5 cm³/mol. The maximum atomic E-state index is 3.64. The first-order valence-corrected chi connectivity index (χ1v) is 5.39. The van der Waals surface area contributed by atoms with Crippen molar-refractivity contribution in [3.63, 3.8) is 0 Å². The average molecular weight is 189 g/mol. The van der Waals surface area contributed by atoms with Crippen LogP contribution in [0, 0.1) is 0 Å². The molecule has 0 spiro atoms. The molecule has 0 aromatic heterocycles. The Labute approximate surface area is 86.5 Å². The number of hydrogen-bond donors (Lipinski definition) is 1. The van der Waals surface area contributed by atoms with Gasteiger partial charge in [-0.2, -0.15) is 0 Å². The summed E-state index contributed by atoms with van der Waals surface area (Å²) < 4.78 is 0. The molecule has 0 saturated heterocycles. The summed E-state index contributed by atoms with van der Waals surface area (Å²) >= 11 is 0. The fourth-order valence-electron chi connectivity index (χ4n) is 1.98. The molecule has 0 radical (unpaired) electrons. The second-order valence-corrected chi connectivity index (χ2v) is 5.25. The van der Waals surface area contributed by atoms with E-state index >= 15 is 0 Å². The number of benzene rings is 1. The van der Waals surface area contributed by atoms with Crippen molar-refractivity contribution < 1.29 is 0 Å². The number of nitrogens with one attached hydrogen (secondary N) is 1. The highest BCUT2D eigenvalue weighted by Gasteiger charge is 2.39. The second-order valence-electron chi connectivity index (χ2n) is 5.25. The molecular weight excluding hydrogens is 170 g/mol. The lowest BCUT2D eigenvalue weighted by molar-refractivity contribution is 0.418. The molecule has 1 aliphatic rings. The molecule has 2 atom stereocenters. The van der Waals surface area contributed by atoms with E-state index in [2.05, 4.69) is 56.4 Å². The van der Waals surface area contributed by atoms with E-state index in [0.29, 0.717) is 6.04 Å². The van der Waals surface area contributed by atoms with E-state index in [1.54, 1.807) is 0 Å². The molecule has 0 bridgehead atoms. The molecule has 1 unspecified atom stereocenters. The van der Waals surface area contributed by atoms with Gasteiger partial charge in [0.1, 0.15) is 0 Å². The highest BCUT2D eigenvalue weighted by atomic mass is 15.0. The van der Waals surface area contributed by atoms with Crippen molar-refractivity contribution in [3.05, 3.63) is 35.9 Å². The van der Waals surface area contributed by atoms with Crippen molar-refractivity contribution in [2.75, 3.05) is 0 Å². The zero-order chi connectivity index (χ0) is 10.2. The highest BCUT2D eigenvalue weighted by Crippen LogP contribution is 2.41. The zero-order valence-corrected chi connectivity index (χ0v) is 9.25. The van der Waals surface area contributed by atoms with E-state index in [4.69, 9.17) is 0 Å². The summed E-state index contributed by atoms with van der Waals surface area (Å²) in [4.78, 5) is 0. The summed E-state index contributed by atoms with van der Waals surface area (Å²) in [5.41, 5.74) is 1.73. The Morgan fingerprint density at radius 1 is 1.14 bits per heavy atom. The summed E-state index contributed by atoms with van der Waals surface area (Å²) in [6, 6.07) is 11.5. The molecule has 1 N–H and O–H groups in total. The number of hydrogen-bond acceptors (Lipinski definition) is 1. The molecule has 1 fully saturated rings. The summed E-state index contributed by atoms with van der Waals surface area (Å²) in [5.74, 6) is 0.746. The molecule has 2 rings (SSSR count). The molecule has 0 amide bonds. The molecule has 1 aliphatic carbocycles.